The Labute approximate surface area is 186 Å². The van der Waals surface area contributed by atoms with E-state index in [2.05, 4.69) is 38.1 Å². The van der Waals surface area contributed by atoms with Crippen molar-refractivity contribution < 1.29 is 13.6 Å². The van der Waals surface area contributed by atoms with E-state index in [-0.39, 0.29) is 12.0 Å². The van der Waals surface area contributed by atoms with Crippen LogP contribution >= 0.6 is 0 Å². The lowest BCUT2D eigenvalue weighted by Crippen LogP contribution is -2.07. The van der Waals surface area contributed by atoms with Gasteiger partial charge in [-0.3, -0.25) is 4.79 Å². The predicted molar refractivity (Wildman–Crippen MR) is 124 cm³/mol. The van der Waals surface area contributed by atoms with Gasteiger partial charge in [0.25, 0.3) is 0 Å². The second-order valence-electron chi connectivity index (χ2n) is 9.40. The molecule has 0 heterocycles. The van der Waals surface area contributed by atoms with Crippen LogP contribution in [0.4, 0.5) is 8.78 Å². The molecule has 3 heteroatoms. The van der Waals surface area contributed by atoms with Gasteiger partial charge in [-0.1, -0.05) is 76.6 Å². The number of hydrogen-bond acceptors (Lipinski definition) is 1. The molecule has 2 aromatic carbocycles. The van der Waals surface area contributed by atoms with Crippen molar-refractivity contribution in [3.05, 3.63) is 70.3 Å². The molecule has 1 saturated carbocycles. The molecule has 0 radical (unpaired) electrons. The number of ketones is 1. The first-order valence-corrected chi connectivity index (χ1v) is 12.1. The van der Waals surface area contributed by atoms with E-state index in [4.69, 9.17) is 0 Å². The Balaban J connectivity index is 1.64. The SMILES string of the molecule is CCCCCCC(=O)c1c(F)cc(Cc2ccc(C3CCCC(C)CC3)cc2)cc1F. The first-order valence-electron chi connectivity index (χ1n) is 12.1. The standard InChI is InChI=1S/C28H36F2O/c1-3-4-5-6-10-27(31)28-25(29)18-22(19-26(28)30)17-21-12-15-24(16-13-21)23-9-7-8-20(2)11-14-23/h12-13,15-16,18-20,23H,3-11,14,17H2,1-2H3. The molecule has 31 heavy (non-hydrogen) atoms. The van der Waals surface area contributed by atoms with E-state index >= 15 is 0 Å². The summed E-state index contributed by atoms with van der Waals surface area (Å²) in [5.41, 5.74) is 2.59. The molecule has 0 amide bonds. The van der Waals surface area contributed by atoms with Gasteiger partial charge in [0, 0.05) is 6.42 Å². The number of carbonyl (C=O) groups is 1. The molecule has 0 aromatic heterocycles. The van der Waals surface area contributed by atoms with Crippen LogP contribution in [0, 0.1) is 17.6 Å². The lowest BCUT2D eigenvalue weighted by atomic mass is 9.90. The van der Waals surface area contributed by atoms with Gasteiger partial charge in [-0.2, -0.15) is 0 Å². The molecule has 0 bridgehead atoms. The predicted octanol–water partition coefficient (Wildman–Crippen LogP) is 8.39. The maximum Gasteiger partial charge on any atom is 0.168 e. The molecule has 2 aromatic rings. The van der Waals surface area contributed by atoms with Gasteiger partial charge in [-0.05, 0) is 66.3 Å². The molecule has 168 valence electrons. The normalized spacial score (nSPS) is 19.2. The number of unbranched alkanes of at least 4 members (excludes halogenated alkanes) is 3. The highest BCUT2D eigenvalue weighted by molar-refractivity contribution is 5.96. The number of rotatable bonds is 9. The number of carbonyl (C=O) groups excluding carboxylic acids is 1. The zero-order valence-electron chi connectivity index (χ0n) is 19.1. The molecule has 1 fully saturated rings. The van der Waals surface area contributed by atoms with Gasteiger partial charge >= 0.3 is 0 Å². The Morgan fingerprint density at radius 1 is 0.903 bits per heavy atom. The van der Waals surface area contributed by atoms with E-state index in [0.29, 0.717) is 24.3 Å². The van der Waals surface area contributed by atoms with E-state index in [1.165, 1.54) is 49.8 Å². The fourth-order valence-electron chi connectivity index (χ4n) is 4.80. The van der Waals surface area contributed by atoms with Crippen LogP contribution in [0.15, 0.2) is 36.4 Å². The summed E-state index contributed by atoms with van der Waals surface area (Å²) in [5.74, 6) is -0.462. The lowest BCUT2D eigenvalue weighted by Gasteiger charge is -2.15. The quantitative estimate of drug-likeness (QED) is 0.223. The zero-order valence-corrected chi connectivity index (χ0v) is 19.1. The van der Waals surface area contributed by atoms with Crippen molar-refractivity contribution in [3.63, 3.8) is 0 Å². The van der Waals surface area contributed by atoms with E-state index < -0.39 is 17.4 Å². The molecule has 1 aliphatic rings. The third-order valence-corrected chi connectivity index (χ3v) is 6.75. The molecular formula is C28H36F2O. The number of hydrogen-bond donors (Lipinski definition) is 0. The summed E-state index contributed by atoms with van der Waals surface area (Å²) in [6.45, 7) is 4.43. The minimum Gasteiger partial charge on any atom is -0.294 e. The number of Topliss-reactive ketones (excluding diaryl/α,β-unsaturated/α-hetero) is 1. The smallest absolute Gasteiger partial charge is 0.168 e. The van der Waals surface area contributed by atoms with Crippen molar-refractivity contribution in [3.8, 4) is 0 Å². The summed E-state index contributed by atoms with van der Waals surface area (Å²) in [6.07, 6.45) is 10.7. The molecule has 3 rings (SSSR count). The Morgan fingerprint density at radius 3 is 2.29 bits per heavy atom. The van der Waals surface area contributed by atoms with Crippen LogP contribution in [-0.2, 0) is 6.42 Å². The monoisotopic (exact) mass is 426 g/mol. The third-order valence-electron chi connectivity index (χ3n) is 6.75. The lowest BCUT2D eigenvalue weighted by molar-refractivity contribution is 0.0971. The van der Waals surface area contributed by atoms with Crippen LogP contribution in [0.2, 0.25) is 0 Å². The van der Waals surface area contributed by atoms with Gasteiger partial charge in [0.1, 0.15) is 11.6 Å². The highest BCUT2D eigenvalue weighted by atomic mass is 19.1. The van der Waals surface area contributed by atoms with Gasteiger partial charge < -0.3 is 0 Å². The third kappa shape index (κ3) is 6.72. The minimum absolute atomic E-state index is 0.203. The van der Waals surface area contributed by atoms with Crippen LogP contribution in [0.1, 0.15) is 111 Å². The summed E-state index contributed by atoms with van der Waals surface area (Å²) in [5, 5.41) is 0. The maximum absolute atomic E-state index is 14.6. The second kappa shape index (κ2) is 11.5. The molecule has 2 atom stereocenters. The molecule has 1 nitrogen and oxygen atoms in total. The average Bonchev–Trinajstić information content (AvgIpc) is 2.96. The zero-order chi connectivity index (χ0) is 22.2. The average molecular weight is 427 g/mol. The maximum atomic E-state index is 14.6. The number of benzene rings is 2. The molecular weight excluding hydrogens is 390 g/mol. The summed E-state index contributed by atoms with van der Waals surface area (Å²) >= 11 is 0. The minimum atomic E-state index is -0.736. The second-order valence-corrected chi connectivity index (χ2v) is 9.40. The van der Waals surface area contributed by atoms with Crippen molar-refractivity contribution in [2.75, 3.05) is 0 Å². The fourth-order valence-corrected chi connectivity index (χ4v) is 4.80. The van der Waals surface area contributed by atoms with Crippen LogP contribution in [0.25, 0.3) is 0 Å². The first kappa shape index (κ1) is 23.6. The first-order chi connectivity index (χ1) is 15.0. The van der Waals surface area contributed by atoms with E-state index in [9.17, 15) is 13.6 Å². The van der Waals surface area contributed by atoms with Gasteiger partial charge in [0.15, 0.2) is 5.78 Å². The summed E-state index contributed by atoms with van der Waals surface area (Å²) in [7, 11) is 0. The summed E-state index contributed by atoms with van der Waals surface area (Å²) < 4.78 is 29.1. The van der Waals surface area contributed by atoms with Crippen molar-refractivity contribution in [2.24, 2.45) is 5.92 Å². The Morgan fingerprint density at radius 2 is 1.61 bits per heavy atom. The Kier molecular flexibility index (Phi) is 8.80. The van der Waals surface area contributed by atoms with Crippen LogP contribution in [0.3, 0.4) is 0 Å². The van der Waals surface area contributed by atoms with Gasteiger partial charge in [0.05, 0.1) is 5.56 Å². The largest absolute Gasteiger partial charge is 0.294 e. The molecule has 0 N–H and O–H groups in total. The highest BCUT2D eigenvalue weighted by Crippen LogP contribution is 2.34. The van der Waals surface area contributed by atoms with Crippen molar-refractivity contribution in [1.82, 2.24) is 0 Å². The number of halogens is 2. The molecule has 1 aliphatic carbocycles. The van der Waals surface area contributed by atoms with Crippen molar-refractivity contribution in [2.45, 2.75) is 90.4 Å². The van der Waals surface area contributed by atoms with Gasteiger partial charge in [-0.25, -0.2) is 8.78 Å². The van der Waals surface area contributed by atoms with Crippen molar-refractivity contribution in [1.29, 1.82) is 0 Å². The molecule has 0 spiro atoms. The topological polar surface area (TPSA) is 17.1 Å². The molecule has 2 unspecified atom stereocenters. The fraction of sp³-hybridized carbons (Fsp3) is 0.536. The van der Waals surface area contributed by atoms with E-state index in [1.54, 1.807) is 0 Å². The Bertz CT molecular complexity index is 833. The van der Waals surface area contributed by atoms with Crippen LogP contribution in [0.5, 0.6) is 0 Å². The van der Waals surface area contributed by atoms with Crippen LogP contribution < -0.4 is 0 Å². The van der Waals surface area contributed by atoms with Gasteiger partial charge in [0.2, 0.25) is 0 Å². The molecule has 0 aliphatic heterocycles. The Hall–Kier alpha value is -2.03. The van der Waals surface area contributed by atoms with Gasteiger partial charge in [-0.15, -0.1) is 0 Å². The van der Waals surface area contributed by atoms with Crippen LogP contribution in [-0.4, -0.2) is 5.78 Å². The summed E-state index contributed by atoms with van der Waals surface area (Å²) in [4.78, 5) is 12.3. The summed E-state index contributed by atoms with van der Waals surface area (Å²) in [6, 6.07) is 11.2. The van der Waals surface area contributed by atoms with E-state index in [0.717, 1.165) is 30.7 Å². The molecule has 0 saturated heterocycles. The highest BCUT2D eigenvalue weighted by Gasteiger charge is 2.19. The van der Waals surface area contributed by atoms with Crippen molar-refractivity contribution >= 4 is 5.78 Å². The van der Waals surface area contributed by atoms with E-state index in [1.807, 2.05) is 0 Å².